The molecule has 0 saturated carbocycles. The molecule has 0 spiro atoms. The summed E-state index contributed by atoms with van der Waals surface area (Å²) in [5, 5.41) is 5.95. The average Bonchev–Trinajstić information content (AvgIpc) is 3.06. The van der Waals surface area contributed by atoms with Crippen LogP contribution in [0.15, 0.2) is 42.5 Å². The lowest BCUT2D eigenvalue weighted by atomic mass is 10.1. The van der Waals surface area contributed by atoms with Crippen LogP contribution in [0.25, 0.3) is 0 Å². The molecule has 3 rings (SSSR count). The summed E-state index contributed by atoms with van der Waals surface area (Å²) in [5.41, 5.74) is 4.76. The smallest absolute Gasteiger partial charge is 0.341 e. The second-order valence-corrected chi connectivity index (χ2v) is 8.30. The molecular formula is C24H24N2O4S. The van der Waals surface area contributed by atoms with E-state index in [9.17, 15) is 14.4 Å². The van der Waals surface area contributed by atoms with Crippen LogP contribution in [0, 0.1) is 27.7 Å². The number of ether oxygens (including phenoxy) is 1. The molecule has 2 N–H and O–H groups in total. The van der Waals surface area contributed by atoms with Gasteiger partial charge in [-0.25, -0.2) is 4.79 Å². The predicted octanol–water partition coefficient (Wildman–Crippen LogP) is 5.27. The van der Waals surface area contributed by atoms with Crippen molar-refractivity contribution in [3.8, 4) is 0 Å². The summed E-state index contributed by atoms with van der Waals surface area (Å²) in [7, 11) is 1.27. The largest absolute Gasteiger partial charge is 0.465 e. The lowest BCUT2D eigenvalue weighted by Crippen LogP contribution is -2.14. The number of hydrogen-bond acceptors (Lipinski definition) is 5. The Hall–Kier alpha value is -3.45. The van der Waals surface area contributed by atoms with Gasteiger partial charge in [-0.3, -0.25) is 9.59 Å². The van der Waals surface area contributed by atoms with Crippen molar-refractivity contribution in [2.75, 3.05) is 17.7 Å². The van der Waals surface area contributed by atoms with Gasteiger partial charge in [0.15, 0.2) is 0 Å². The fourth-order valence-electron chi connectivity index (χ4n) is 3.19. The molecule has 0 saturated heterocycles. The van der Waals surface area contributed by atoms with E-state index in [4.69, 9.17) is 4.74 Å². The number of carbonyl (C=O) groups excluding carboxylic acids is 3. The summed E-state index contributed by atoms with van der Waals surface area (Å²) < 4.78 is 4.90. The molecule has 0 aliphatic rings. The highest BCUT2D eigenvalue weighted by Crippen LogP contribution is 2.35. The number of aryl methyl sites for hydroxylation is 2. The number of anilines is 2. The average molecular weight is 437 g/mol. The Morgan fingerprint density at radius 2 is 1.58 bits per heavy atom. The molecule has 0 unspecified atom stereocenters. The van der Waals surface area contributed by atoms with Crippen molar-refractivity contribution in [3.05, 3.63) is 80.7 Å². The van der Waals surface area contributed by atoms with Crippen molar-refractivity contribution in [3.63, 3.8) is 0 Å². The van der Waals surface area contributed by atoms with E-state index < -0.39 is 5.97 Å². The third-order valence-corrected chi connectivity index (χ3v) is 6.31. The van der Waals surface area contributed by atoms with E-state index in [0.717, 1.165) is 28.0 Å². The molecule has 0 radical (unpaired) electrons. The SMILES string of the molecule is COC(=O)c1c(NC(=O)c2cccc(C)c2)sc(C(=O)Nc2cccc(C)c2C)c1C. The van der Waals surface area contributed by atoms with E-state index in [1.807, 2.05) is 45.0 Å². The highest BCUT2D eigenvalue weighted by molar-refractivity contribution is 7.19. The maximum Gasteiger partial charge on any atom is 0.341 e. The number of esters is 1. The van der Waals surface area contributed by atoms with Crippen LogP contribution in [0.5, 0.6) is 0 Å². The van der Waals surface area contributed by atoms with Gasteiger partial charge >= 0.3 is 5.97 Å². The van der Waals surface area contributed by atoms with Crippen LogP contribution in [-0.2, 0) is 4.74 Å². The van der Waals surface area contributed by atoms with Crippen LogP contribution in [0.2, 0.25) is 0 Å². The fourth-order valence-corrected chi connectivity index (χ4v) is 4.28. The third kappa shape index (κ3) is 4.67. The van der Waals surface area contributed by atoms with E-state index in [1.54, 1.807) is 25.1 Å². The summed E-state index contributed by atoms with van der Waals surface area (Å²) in [6.07, 6.45) is 0. The van der Waals surface area contributed by atoms with Crippen molar-refractivity contribution in [1.29, 1.82) is 0 Å². The highest BCUT2D eigenvalue weighted by atomic mass is 32.1. The van der Waals surface area contributed by atoms with Gasteiger partial charge in [-0.1, -0.05) is 29.8 Å². The molecule has 2 aromatic carbocycles. The maximum absolute atomic E-state index is 13.0. The molecule has 1 heterocycles. The zero-order chi connectivity index (χ0) is 22.7. The summed E-state index contributed by atoms with van der Waals surface area (Å²) in [6.45, 7) is 7.46. The first-order valence-corrected chi connectivity index (χ1v) is 10.5. The third-order valence-electron chi connectivity index (χ3n) is 5.10. The Kier molecular flexibility index (Phi) is 6.56. The maximum atomic E-state index is 13.0. The monoisotopic (exact) mass is 436 g/mol. The lowest BCUT2D eigenvalue weighted by molar-refractivity contribution is 0.0601. The molecule has 31 heavy (non-hydrogen) atoms. The Morgan fingerprint density at radius 1 is 0.871 bits per heavy atom. The van der Waals surface area contributed by atoms with Crippen molar-refractivity contribution in [2.45, 2.75) is 27.7 Å². The van der Waals surface area contributed by atoms with Gasteiger partial charge in [0.25, 0.3) is 11.8 Å². The molecule has 7 heteroatoms. The first kappa shape index (κ1) is 22.2. The van der Waals surface area contributed by atoms with Gasteiger partial charge < -0.3 is 15.4 Å². The van der Waals surface area contributed by atoms with Crippen molar-refractivity contribution in [1.82, 2.24) is 0 Å². The van der Waals surface area contributed by atoms with Gasteiger partial charge in [0, 0.05) is 11.3 Å². The number of carbonyl (C=O) groups is 3. The molecule has 0 aliphatic heterocycles. The van der Waals surface area contributed by atoms with Gasteiger partial charge in [0.2, 0.25) is 0 Å². The molecule has 2 amide bonds. The summed E-state index contributed by atoms with van der Waals surface area (Å²) in [5.74, 6) is -1.33. The highest BCUT2D eigenvalue weighted by Gasteiger charge is 2.27. The first-order chi connectivity index (χ1) is 14.7. The molecule has 0 bridgehead atoms. The second kappa shape index (κ2) is 9.14. The van der Waals surface area contributed by atoms with E-state index in [-0.39, 0.29) is 22.4 Å². The topological polar surface area (TPSA) is 84.5 Å². The summed E-state index contributed by atoms with van der Waals surface area (Å²) in [6, 6.07) is 12.8. The Labute approximate surface area is 185 Å². The number of amides is 2. The Morgan fingerprint density at radius 3 is 2.26 bits per heavy atom. The number of methoxy groups -OCH3 is 1. The van der Waals surface area contributed by atoms with Crippen LogP contribution in [0.3, 0.4) is 0 Å². The van der Waals surface area contributed by atoms with Crippen molar-refractivity contribution in [2.24, 2.45) is 0 Å². The first-order valence-electron chi connectivity index (χ1n) is 9.70. The Bertz CT molecular complexity index is 1180. The minimum Gasteiger partial charge on any atom is -0.465 e. The quantitative estimate of drug-likeness (QED) is 0.534. The van der Waals surface area contributed by atoms with Crippen molar-refractivity contribution >= 4 is 39.8 Å². The second-order valence-electron chi connectivity index (χ2n) is 7.28. The molecule has 160 valence electrons. The molecule has 6 nitrogen and oxygen atoms in total. The number of nitrogens with one attached hydrogen (secondary N) is 2. The molecule has 0 aliphatic carbocycles. The molecule has 0 atom stereocenters. The van der Waals surface area contributed by atoms with Gasteiger partial charge in [-0.2, -0.15) is 0 Å². The van der Waals surface area contributed by atoms with Gasteiger partial charge in [0.05, 0.1) is 17.6 Å². The summed E-state index contributed by atoms with van der Waals surface area (Å²) in [4.78, 5) is 38.5. The van der Waals surface area contributed by atoms with Crippen molar-refractivity contribution < 1.29 is 19.1 Å². The van der Waals surface area contributed by atoms with E-state index >= 15 is 0 Å². The minimum atomic E-state index is -0.612. The number of thiophene rings is 1. The van der Waals surface area contributed by atoms with E-state index in [2.05, 4.69) is 10.6 Å². The van der Waals surface area contributed by atoms with Crippen LogP contribution < -0.4 is 10.6 Å². The summed E-state index contributed by atoms with van der Waals surface area (Å²) >= 11 is 1.05. The standard InChI is InChI=1S/C24H24N2O4S/c1-13-8-6-10-17(12-13)21(27)26-23-19(24(29)30-5)16(4)20(31-23)22(28)25-18-11-7-9-14(2)15(18)3/h6-12H,1-5H3,(H,25,28)(H,26,27). The Balaban J connectivity index is 1.96. The zero-order valence-electron chi connectivity index (χ0n) is 18.1. The normalized spacial score (nSPS) is 10.5. The van der Waals surface area contributed by atoms with E-state index in [0.29, 0.717) is 21.7 Å². The number of hydrogen-bond donors (Lipinski definition) is 2. The minimum absolute atomic E-state index is 0.180. The fraction of sp³-hybridized carbons (Fsp3) is 0.208. The van der Waals surface area contributed by atoms with Crippen LogP contribution in [0.1, 0.15) is 52.6 Å². The van der Waals surface area contributed by atoms with Gasteiger partial charge in [-0.15, -0.1) is 11.3 Å². The molecule has 3 aromatic rings. The van der Waals surface area contributed by atoms with Gasteiger partial charge in [0.1, 0.15) is 5.00 Å². The van der Waals surface area contributed by atoms with E-state index in [1.165, 1.54) is 7.11 Å². The molecular weight excluding hydrogens is 412 g/mol. The van der Waals surface area contributed by atoms with Crippen LogP contribution >= 0.6 is 11.3 Å². The molecule has 0 fully saturated rings. The lowest BCUT2D eigenvalue weighted by Gasteiger charge is -2.10. The zero-order valence-corrected chi connectivity index (χ0v) is 18.9. The van der Waals surface area contributed by atoms with Crippen LogP contribution in [-0.4, -0.2) is 24.9 Å². The number of rotatable bonds is 5. The molecule has 1 aromatic heterocycles. The van der Waals surface area contributed by atoms with Crippen LogP contribution in [0.4, 0.5) is 10.7 Å². The number of benzene rings is 2. The van der Waals surface area contributed by atoms with Gasteiger partial charge in [-0.05, 0) is 62.6 Å². The predicted molar refractivity (Wildman–Crippen MR) is 123 cm³/mol.